The molecule has 1 amide bonds. The molecule has 4 rings (SSSR count). The molecule has 2 aliphatic heterocycles. The Morgan fingerprint density at radius 2 is 2.07 bits per heavy atom. The molecule has 1 fully saturated rings. The molecule has 5 N–H and O–H groups in total. The molecule has 1 atom stereocenters. The number of carbonyl (C=O) groups is 1. The largest absolute Gasteiger partial charge is 0.492 e. The van der Waals surface area contributed by atoms with Gasteiger partial charge in [-0.25, -0.2) is 4.39 Å². The molecule has 30 heavy (non-hydrogen) atoms. The van der Waals surface area contributed by atoms with Gasteiger partial charge in [-0.2, -0.15) is 0 Å². The molecule has 10 heteroatoms. The van der Waals surface area contributed by atoms with Gasteiger partial charge in [0.15, 0.2) is 5.84 Å². The number of benzene rings is 2. The van der Waals surface area contributed by atoms with E-state index in [9.17, 15) is 18.3 Å². The zero-order chi connectivity index (χ0) is 21.3. The second kappa shape index (κ2) is 8.13. The van der Waals surface area contributed by atoms with Crippen LogP contribution in [0.1, 0.15) is 28.8 Å². The van der Waals surface area contributed by atoms with Crippen molar-refractivity contribution in [3.05, 3.63) is 59.4 Å². The molecule has 2 aromatic carbocycles. The molecule has 8 nitrogen and oxygen atoms in total. The fourth-order valence-electron chi connectivity index (χ4n) is 3.72. The average Bonchev–Trinajstić information content (AvgIpc) is 2.71. The van der Waals surface area contributed by atoms with Gasteiger partial charge in [-0.3, -0.25) is 18.6 Å². The molecule has 0 bridgehead atoms. The number of nitrogens with one attached hydrogen (secondary N) is 1. The van der Waals surface area contributed by atoms with E-state index in [1.165, 1.54) is 24.3 Å². The topological polar surface area (TPSA) is 120 Å². The van der Waals surface area contributed by atoms with Gasteiger partial charge in [0.05, 0.1) is 17.9 Å². The SMILES string of the molecule is NC1=NS(O)(O)Nc2cccc(OC[C@H]3CCCN(C(=O)c4ccc(F)cc4)C3)c21. The highest BCUT2D eigenvalue weighted by Crippen LogP contribution is 2.46. The van der Waals surface area contributed by atoms with Gasteiger partial charge >= 0.3 is 0 Å². The quantitative estimate of drug-likeness (QED) is 0.585. The van der Waals surface area contributed by atoms with Crippen molar-refractivity contribution in [2.24, 2.45) is 16.0 Å². The van der Waals surface area contributed by atoms with Gasteiger partial charge in [-0.15, -0.1) is 4.40 Å². The Balaban J connectivity index is 1.43. The first-order valence-corrected chi connectivity index (χ1v) is 11.0. The Labute approximate surface area is 175 Å². The number of rotatable bonds is 4. The maximum absolute atomic E-state index is 13.1. The number of ether oxygens (including phenoxy) is 1. The summed E-state index contributed by atoms with van der Waals surface area (Å²) in [6.07, 6.45) is 1.75. The second-order valence-corrected chi connectivity index (χ2v) is 8.78. The molecule has 0 radical (unpaired) electrons. The maximum Gasteiger partial charge on any atom is 0.253 e. The predicted molar refractivity (Wildman–Crippen MR) is 114 cm³/mol. The minimum absolute atomic E-state index is 0.00360. The summed E-state index contributed by atoms with van der Waals surface area (Å²) < 4.78 is 44.9. The number of fused-ring (bicyclic) bond motifs is 1. The lowest BCUT2D eigenvalue weighted by atomic mass is 9.98. The van der Waals surface area contributed by atoms with Crippen molar-refractivity contribution < 1.29 is 23.0 Å². The number of nitrogens with two attached hydrogens (primary N) is 1. The van der Waals surface area contributed by atoms with Crippen molar-refractivity contribution in [3.63, 3.8) is 0 Å². The lowest BCUT2D eigenvalue weighted by molar-refractivity contribution is 0.0633. The summed E-state index contributed by atoms with van der Waals surface area (Å²) >= 11 is 0. The number of anilines is 1. The van der Waals surface area contributed by atoms with Crippen LogP contribution in [0.2, 0.25) is 0 Å². The highest BCUT2D eigenvalue weighted by molar-refractivity contribution is 8.24. The molecule has 0 aliphatic carbocycles. The number of amides is 1. The van der Waals surface area contributed by atoms with Crippen LogP contribution in [0.15, 0.2) is 46.9 Å². The third-order valence-corrected chi connectivity index (χ3v) is 6.07. The van der Waals surface area contributed by atoms with E-state index in [-0.39, 0.29) is 23.5 Å². The van der Waals surface area contributed by atoms with Crippen LogP contribution in [-0.2, 0) is 0 Å². The smallest absolute Gasteiger partial charge is 0.253 e. The van der Waals surface area contributed by atoms with E-state index in [4.69, 9.17) is 10.5 Å². The van der Waals surface area contributed by atoms with Crippen LogP contribution in [0.25, 0.3) is 0 Å². The van der Waals surface area contributed by atoms with Crippen molar-refractivity contribution in [2.45, 2.75) is 12.8 Å². The van der Waals surface area contributed by atoms with Crippen LogP contribution in [-0.4, -0.2) is 45.4 Å². The van der Waals surface area contributed by atoms with Crippen LogP contribution >= 0.6 is 11.0 Å². The Hall–Kier alpha value is -2.82. The highest BCUT2D eigenvalue weighted by Gasteiger charge is 2.27. The van der Waals surface area contributed by atoms with E-state index < -0.39 is 11.0 Å². The Morgan fingerprint density at radius 1 is 1.30 bits per heavy atom. The van der Waals surface area contributed by atoms with Crippen molar-refractivity contribution in [1.29, 1.82) is 0 Å². The molecule has 2 aliphatic rings. The van der Waals surface area contributed by atoms with Crippen molar-refractivity contribution in [1.82, 2.24) is 4.90 Å². The molecule has 0 saturated carbocycles. The Kier molecular flexibility index (Phi) is 5.54. The summed E-state index contributed by atoms with van der Waals surface area (Å²) in [5.74, 6) is 0.104. The third kappa shape index (κ3) is 4.35. The molecule has 0 unspecified atom stereocenters. The van der Waals surface area contributed by atoms with Crippen LogP contribution in [0.3, 0.4) is 0 Å². The first-order chi connectivity index (χ1) is 14.3. The summed E-state index contributed by atoms with van der Waals surface area (Å²) in [5, 5.41) is 0. The number of amidine groups is 1. The Morgan fingerprint density at radius 3 is 2.83 bits per heavy atom. The van der Waals surface area contributed by atoms with E-state index in [1.807, 2.05) is 0 Å². The van der Waals surface area contributed by atoms with Crippen molar-refractivity contribution in [2.75, 3.05) is 24.4 Å². The van der Waals surface area contributed by atoms with E-state index in [0.717, 1.165) is 12.8 Å². The second-order valence-electron chi connectivity index (χ2n) is 7.35. The van der Waals surface area contributed by atoms with Gasteiger partial charge in [0.2, 0.25) is 0 Å². The standard InChI is InChI=1S/C20H23FN4O4S/c21-15-8-6-14(7-9-15)20(26)25-10-2-3-13(11-25)12-29-17-5-1-4-16-18(17)19(22)24-30(27,28)23-16/h1,4-9,13,23,27-28H,2-3,10-12H2,(H2,22,24)/t13-/m0/s1. The number of halogens is 1. The van der Waals surface area contributed by atoms with E-state index in [1.54, 1.807) is 23.1 Å². The Bertz CT molecular complexity index is 983. The monoisotopic (exact) mass is 434 g/mol. The van der Waals surface area contributed by atoms with Gasteiger partial charge in [0.1, 0.15) is 11.6 Å². The molecule has 0 spiro atoms. The summed E-state index contributed by atoms with van der Waals surface area (Å²) in [6.45, 7) is 1.55. The lowest BCUT2D eigenvalue weighted by Crippen LogP contribution is -2.41. The van der Waals surface area contributed by atoms with Gasteiger partial charge in [-0.1, -0.05) is 6.07 Å². The van der Waals surface area contributed by atoms with Crippen LogP contribution in [0.5, 0.6) is 5.75 Å². The zero-order valence-electron chi connectivity index (χ0n) is 16.1. The van der Waals surface area contributed by atoms with Gasteiger partial charge in [-0.05, 0) is 60.2 Å². The molecule has 2 aromatic rings. The normalized spacial score (nSPS) is 21.1. The van der Waals surface area contributed by atoms with Crippen LogP contribution in [0.4, 0.5) is 10.1 Å². The van der Waals surface area contributed by atoms with Gasteiger partial charge in [0, 0.05) is 24.6 Å². The van der Waals surface area contributed by atoms with Crippen molar-refractivity contribution >= 4 is 28.4 Å². The first kappa shape index (κ1) is 20.5. The number of piperidine rings is 1. The van der Waals surface area contributed by atoms with E-state index >= 15 is 0 Å². The molecular formula is C20H23FN4O4S. The number of nitrogens with zero attached hydrogens (tertiary/aromatic N) is 2. The molecule has 2 heterocycles. The predicted octanol–water partition coefficient (Wildman–Crippen LogP) is 3.47. The number of carbonyl (C=O) groups excluding carboxylic acids is 1. The van der Waals surface area contributed by atoms with Gasteiger partial charge in [0.25, 0.3) is 5.91 Å². The fraction of sp³-hybridized carbons (Fsp3) is 0.300. The summed E-state index contributed by atoms with van der Waals surface area (Å²) in [7, 11) is -3.35. The highest BCUT2D eigenvalue weighted by atomic mass is 32.3. The maximum atomic E-state index is 13.1. The fourth-order valence-corrected chi connectivity index (χ4v) is 4.60. The minimum atomic E-state index is -3.35. The molecule has 160 valence electrons. The van der Waals surface area contributed by atoms with E-state index in [2.05, 4.69) is 9.12 Å². The van der Waals surface area contributed by atoms with Gasteiger partial charge < -0.3 is 15.4 Å². The lowest BCUT2D eigenvalue weighted by Gasteiger charge is -2.34. The minimum Gasteiger partial charge on any atom is -0.492 e. The summed E-state index contributed by atoms with van der Waals surface area (Å²) in [6, 6.07) is 10.7. The number of hydrogen-bond donors (Lipinski definition) is 4. The summed E-state index contributed by atoms with van der Waals surface area (Å²) in [5.41, 5.74) is 7.31. The number of hydrogen-bond acceptors (Lipinski definition) is 7. The zero-order valence-corrected chi connectivity index (χ0v) is 16.9. The third-order valence-electron chi connectivity index (χ3n) is 5.13. The summed E-state index contributed by atoms with van der Waals surface area (Å²) in [4.78, 5) is 14.5. The number of likely N-dealkylation sites (tertiary alicyclic amines) is 1. The average molecular weight is 434 g/mol. The molecule has 0 aromatic heterocycles. The molecular weight excluding hydrogens is 411 g/mol. The molecule has 1 saturated heterocycles. The first-order valence-electron chi connectivity index (χ1n) is 9.55. The van der Waals surface area contributed by atoms with Crippen LogP contribution < -0.4 is 15.2 Å². The van der Waals surface area contributed by atoms with E-state index in [0.29, 0.717) is 42.3 Å². The van der Waals surface area contributed by atoms with Crippen LogP contribution in [0, 0.1) is 11.7 Å². The van der Waals surface area contributed by atoms with Crippen molar-refractivity contribution in [3.8, 4) is 5.75 Å².